The van der Waals surface area contributed by atoms with Crippen molar-refractivity contribution in [3.63, 3.8) is 0 Å². The Bertz CT molecular complexity index is 1330. The van der Waals surface area contributed by atoms with Gasteiger partial charge in [0.15, 0.2) is 5.82 Å². The number of nitrogens with one attached hydrogen (secondary N) is 1. The Morgan fingerprint density at radius 2 is 1.68 bits per heavy atom. The van der Waals surface area contributed by atoms with E-state index < -0.39 is 0 Å². The molecule has 0 amide bonds. The second-order valence-electron chi connectivity index (χ2n) is 7.41. The van der Waals surface area contributed by atoms with Crippen molar-refractivity contribution in [2.45, 2.75) is 13.5 Å². The first-order valence-corrected chi connectivity index (χ1v) is 10.2. The average molecular weight is 403 g/mol. The summed E-state index contributed by atoms with van der Waals surface area (Å²) >= 11 is 0. The van der Waals surface area contributed by atoms with E-state index in [4.69, 9.17) is 9.97 Å². The Labute approximate surface area is 180 Å². The number of pyridine rings is 2. The van der Waals surface area contributed by atoms with Crippen molar-refractivity contribution >= 4 is 16.7 Å². The minimum atomic E-state index is 0.582. The molecular formula is C26H21N5. The zero-order valence-electron chi connectivity index (χ0n) is 17.2. The molecule has 31 heavy (non-hydrogen) atoms. The molecule has 0 fully saturated rings. The van der Waals surface area contributed by atoms with Gasteiger partial charge in [-0.3, -0.25) is 9.97 Å². The number of anilines is 1. The molecule has 0 unspecified atom stereocenters. The third-order valence-corrected chi connectivity index (χ3v) is 5.13. The molecule has 5 nitrogen and oxygen atoms in total. The van der Waals surface area contributed by atoms with E-state index >= 15 is 0 Å². The molecule has 0 aliphatic rings. The molecule has 0 radical (unpaired) electrons. The van der Waals surface area contributed by atoms with Gasteiger partial charge in [0.25, 0.3) is 0 Å². The first kappa shape index (κ1) is 18.9. The van der Waals surface area contributed by atoms with Crippen LogP contribution in [-0.2, 0) is 6.54 Å². The van der Waals surface area contributed by atoms with E-state index in [0.717, 1.165) is 33.5 Å². The van der Waals surface area contributed by atoms with Gasteiger partial charge in [-0.2, -0.15) is 0 Å². The maximum absolute atomic E-state index is 4.86. The number of aryl methyl sites for hydroxylation is 1. The van der Waals surface area contributed by atoms with Gasteiger partial charge in [-0.15, -0.1) is 0 Å². The zero-order chi connectivity index (χ0) is 21.0. The van der Waals surface area contributed by atoms with Gasteiger partial charge < -0.3 is 5.32 Å². The molecule has 0 saturated carbocycles. The van der Waals surface area contributed by atoms with Crippen molar-refractivity contribution in [3.8, 4) is 22.5 Å². The zero-order valence-corrected chi connectivity index (χ0v) is 17.2. The van der Waals surface area contributed by atoms with Crippen LogP contribution in [0.5, 0.6) is 0 Å². The summed E-state index contributed by atoms with van der Waals surface area (Å²) in [7, 11) is 0. The van der Waals surface area contributed by atoms with E-state index in [2.05, 4.69) is 64.7 Å². The Morgan fingerprint density at radius 3 is 2.48 bits per heavy atom. The van der Waals surface area contributed by atoms with E-state index in [9.17, 15) is 0 Å². The summed E-state index contributed by atoms with van der Waals surface area (Å²) in [5.74, 6) is 1.43. The van der Waals surface area contributed by atoms with Crippen LogP contribution in [0.15, 0.2) is 91.4 Å². The minimum absolute atomic E-state index is 0.582. The second-order valence-corrected chi connectivity index (χ2v) is 7.41. The standard InChI is InChI=1S/C26H21N5/c1-18-6-4-7-19(14-18)20-10-11-23-24(15-20)30-25(21-8-5-12-27-16-21)31-26(23)29-17-22-9-2-3-13-28-22/h2-16H,17H2,1H3,(H,29,30,31). The second kappa shape index (κ2) is 8.32. The van der Waals surface area contributed by atoms with Crippen molar-refractivity contribution in [2.75, 3.05) is 5.32 Å². The third-order valence-electron chi connectivity index (χ3n) is 5.13. The van der Waals surface area contributed by atoms with Crippen LogP contribution >= 0.6 is 0 Å². The highest BCUT2D eigenvalue weighted by atomic mass is 15.0. The molecule has 5 heteroatoms. The molecule has 2 aromatic carbocycles. The van der Waals surface area contributed by atoms with E-state index in [-0.39, 0.29) is 0 Å². The lowest BCUT2D eigenvalue weighted by molar-refractivity contribution is 1.03. The van der Waals surface area contributed by atoms with Crippen molar-refractivity contribution in [1.82, 2.24) is 19.9 Å². The van der Waals surface area contributed by atoms with Crippen LogP contribution in [0.4, 0.5) is 5.82 Å². The van der Waals surface area contributed by atoms with Gasteiger partial charge in [0.1, 0.15) is 5.82 Å². The van der Waals surface area contributed by atoms with Crippen molar-refractivity contribution < 1.29 is 0 Å². The van der Waals surface area contributed by atoms with Gasteiger partial charge in [0.2, 0.25) is 0 Å². The number of hydrogen-bond donors (Lipinski definition) is 1. The Balaban J connectivity index is 1.61. The van der Waals surface area contributed by atoms with Gasteiger partial charge in [-0.25, -0.2) is 9.97 Å². The molecular weight excluding hydrogens is 382 g/mol. The number of fused-ring (bicyclic) bond motifs is 1. The summed E-state index contributed by atoms with van der Waals surface area (Å²) in [6, 6.07) is 24.6. The highest BCUT2D eigenvalue weighted by Gasteiger charge is 2.11. The first-order chi connectivity index (χ1) is 15.3. The lowest BCUT2D eigenvalue weighted by atomic mass is 10.0. The van der Waals surface area contributed by atoms with Crippen LogP contribution in [0.1, 0.15) is 11.3 Å². The SMILES string of the molecule is Cc1cccc(-c2ccc3c(NCc4ccccn4)nc(-c4cccnc4)nc3c2)c1. The smallest absolute Gasteiger partial charge is 0.163 e. The van der Waals surface area contributed by atoms with E-state index in [1.165, 1.54) is 11.1 Å². The fourth-order valence-corrected chi connectivity index (χ4v) is 3.57. The number of benzene rings is 2. The number of hydrogen-bond acceptors (Lipinski definition) is 5. The van der Waals surface area contributed by atoms with Gasteiger partial charge in [0.05, 0.1) is 17.8 Å². The highest BCUT2D eigenvalue weighted by Crippen LogP contribution is 2.29. The normalized spacial score (nSPS) is 10.9. The minimum Gasteiger partial charge on any atom is -0.364 e. The van der Waals surface area contributed by atoms with Crippen LogP contribution in [0.3, 0.4) is 0 Å². The van der Waals surface area contributed by atoms with Crippen LogP contribution in [0, 0.1) is 6.92 Å². The van der Waals surface area contributed by atoms with Crippen LogP contribution in [0.25, 0.3) is 33.4 Å². The van der Waals surface area contributed by atoms with Crippen LogP contribution < -0.4 is 5.32 Å². The van der Waals surface area contributed by atoms with Crippen LogP contribution in [-0.4, -0.2) is 19.9 Å². The van der Waals surface area contributed by atoms with Crippen molar-refractivity contribution in [1.29, 1.82) is 0 Å². The molecule has 0 saturated heterocycles. The van der Waals surface area contributed by atoms with Crippen LogP contribution in [0.2, 0.25) is 0 Å². The van der Waals surface area contributed by atoms with Crippen molar-refractivity contribution in [3.05, 3.63) is 103 Å². The fraction of sp³-hybridized carbons (Fsp3) is 0.0769. The molecule has 3 aromatic heterocycles. The van der Waals surface area contributed by atoms with Crippen molar-refractivity contribution in [2.24, 2.45) is 0 Å². The summed E-state index contributed by atoms with van der Waals surface area (Å²) in [6.45, 7) is 2.69. The van der Waals surface area contributed by atoms with Gasteiger partial charge in [-0.1, -0.05) is 42.0 Å². The van der Waals surface area contributed by atoms with E-state index in [1.807, 2.05) is 30.3 Å². The Morgan fingerprint density at radius 1 is 0.774 bits per heavy atom. The monoisotopic (exact) mass is 403 g/mol. The average Bonchev–Trinajstić information content (AvgIpc) is 2.83. The predicted molar refractivity (Wildman–Crippen MR) is 125 cm³/mol. The Hall–Kier alpha value is -4.12. The fourth-order valence-electron chi connectivity index (χ4n) is 3.57. The largest absolute Gasteiger partial charge is 0.364 e. The highest BCUT2D eigenvalue weighted by molar-refractivity contribution is 5.93. The Kier molecular flexibility index (Phi) is 5.07. The van der Waals surface area contributed by atoms with Gasteiger partial charge in [0, 0.05) is 29.5 Å². The quantitative estimate of drug-likeness (QED) is 0.409. The molecule has 5 aromatic rings. The first-order valence-electron chi connectivity index (χ1n) is 10.2. The summed E-state index contributed by atoms with van der Waals surface area (Å²) < 4.78 is 0. The number of nitrogens with zero attached hydrogens (tertiary/aromatic N) is 4. The lowest BCUT2D eigenvalue weighted by Gasteiger charge is -2.12. The molecule has 1 N–H and O–H groups in total. The molecule has 150 valence electrons. The summed E-state index contributed by atoms with van der Waals surface area (Å²) in [5.41, 5.74) is 6.25. The summed E-state index contributed by atoms with van der Waals surface area (Å²) in [5, 5.41) is 4.42. The number of rotatable bonds is 5. The molecule has 0 aliphatic heterocycles. The van der Waals surface area contributed by atoms with E-state index in [0.29, 0.717) is 12.4 Å². The number of aromatic nitrogens is 4. The topological polar surface area (TPSA) is 63.6 Å². The van der Waals surface area contributed by atoms with Gasteiger partial charge in [-0.05, 0) is 54.4 Å². The lowest BCUT2D eigenvalue weighted by Crippen LogP contribution is -2.05. The molecule has 0 atom stereocenters. The summed E-state index contributed by atoms with van der Waals surface area (Å²) in [4.78, 5) is 18.3. The molecule has 0 aliphatic carbocycles. The molecule has 3 heterocycles. The predicted octanol–water partition coefficient (Wildman–Crippen LogP) is 5.67. The maximum Gasteiger partial charge on any atom is 0.163 e. The van der Waals surface area contributed by atoms with E-state index in [1.54, 1.807) is 18.6 Å². The third kappa shape index (κ3) is 4.12. The summed E-state index contributed by atoms with van der Waals surface area (Å²) in [6.07, 6.45) is 5.33. The molecule has 5 rings (SSSR count). The maximum atomic E-state index is 4.86. The molecule has 0 spiro atoms. The molecule has 0 bridgehead atoms. The van der Waals surface area contributed by atoms with Gasteiger partial charge >= 0.3 is 0 Å².